The van der Waals surface area contributed by atoms with E-state index < -0.39 is 17.2 Å². The fourth-order valence-electron chi connectivity index (χ4n) is 2.27. The monoisotopic (exact) mass is 333 g/mol. The van der Waals surface area contributed by atoms with Gasteiger partial charge in [0, 0.05) is 12.0 Å². The number of nitrogens with one attached hydrogen (secondary N) is 2. The predicted octanol–water partition coefficient (Wildman–Crippen LogP) is 4.06. The van der Waals surface area contributed by atoms with Crippen LogP contribution in [0.3, 0.4) is 0 Å². The van der Waals surface area contributed by atoms with Crippen molar-refractivity contribution in [3.63, 3.8) is 0 Å². The zero-order chi connectivity index (χ0) is 18.0. The highest BCUT2D eigenvalue weighted by molar-refractivity contribution is 5.68. The third kappa shape index (κ3) is 5.37. The second kappa shape index (κ2) is 6.63. The van der Waals surface area contributed by atoms with Gasteiger partial charge >= 0.3 is 6.09 Å². The first-order valence-electron chi connectivity index (χ1n) is 7.85. The van der Waals surface area contributed by atoms with Gasteiger partial charge in [0.25, 0.3) is 0 Å². The number of aromatic nitrogens is 2. The molecule has 0 aliphatic heterocycles. The van der Waals surface area contributed by atoms with Crippen molar-refractivity contribution in [2.45, 2.75) is 52.2 Å². The summed E-state index contributed by atoms with van der Waals surface area (Å²) in [5, 5.41) is 2.85. The van der Waals surface area contributed by atoms with Gasteiger partial charge in [-0.05, 0) is 64.4 Å². The van der Waals surface area contributed by atoms with Crippen LogP contribution < -0.4 is 5.32 Å². The zero-order valence-corrected chi connectivity index (χ0v) is 14.7. The molecule has 24 heavy (non-hydrogen) atoms. The molecule has 0 fully saturated rings. The van der Waals surface area contributed by atoms with Crippen molar-refractivity contribution < 1.29 is 13.9 Å². The normalized spacial score (nSPS) is 12.1. The van der Waals surface area contributed by atoms with Crippen LogP contribution in [-0.2, 0) is 11.2 Å². The van der Waals surface area contributed by atoms with E-state index in [1.54, 1.807) is 18.3 Å². The number of halogens is 1. The quantitative estimate of drug-likeness (QED) is 0.886. The maximum atomic E-state index is 13.0. The highest BCUT2D eigenvalue weighted by Gasteiger charge is 2.26. The maximum Gasteiger partial charge on any atom is 0.408 e. The van der Waals surface area contributed by atoms with Crippen LogP contribution in [0.25, 0.3) is 11.3 Å². The van der Waals surface area contributed by atoms with Crippen LogP contribution in [0.15, 0.2) is 30.5 Å². The number of imidazole rings is 1. The summed E-state index contributed by atoms with van der Waals surface area (Å²) >= 11 is 0. The van der Waals surface area contributed by atoms with Crippen LogP contribution in [0.1, 0.15) is 40.4 Å². The number of rotatable bonds is 4. The summed E-state index contributed by atoms with van der Waals surface area (Å²) in [6.45, 7) is 9.26. The standard InChI is InChI=1S/C18H24FN3O2/c1-17(2,3)24-16(23)22-18(4,5)10-15-20-11-14(21-15)12-6-8-13(19)9-7-12/h6-9,11H,10H2,1-5H3,(H,20,21)(H,22,23). The molecule has 0 spiro atoms. The van der Waals surface area contributed by atoms with E-state index in [9.17, 15) is 9.18 Å². The number of carbonyl (C=O) groups excluding carboxylic acids is 1. The smallest absolute Gasteiger partial charge is 0.408 e. The van der Waals surface area contributed by atoms with Crippen molar-refractivity contribution in [3.05, 3.63) is 42.1 Å². The zero-order valence-electron chi connectivity index (χ0n) is 14.7. The Kier molecular flexibility index (Phi) is 4.96. The Morgan fingerprint density at radius 1 is 1.21 bits per heavy atom. The van der Waals surface area contributed by atoms with Crippen LogP contribution in [0.2, 0.25) is 0 Å². The maximum absolute atomic E-state index is 13.0. The fraction of sp³-hybridized carbons (Fsp3) is 0.444. The number of alkyl carbamates (subject to hydrolysis) is 1. The van der Waals surface area contributed by atoms with E-state index in [4.69, 9.17) is 4.74 Å². The molecule has 6 heteroatoms. The lowest BCUT2D eigenvalue weighted by atomic mass is 10.0. The van der Waals surface area contributed by atoms with Crippen molar-refractivity contribution in [2.24, 2.45) is 0 Å². The molecule has 0 saturated carbocycles. The predicted molar refractivity (Wildman–Crippen MR) is 91.1 cm³/mol. The van der Waals surface area contributed by atoms with Crippen molar-refractivity contribution >= 4 is 6.09 Å². The van der Waals surface area contributed by atoms with E-state index in [-0.39, 0.29) is 5.82 Å². The van der Waals surface area contributed by atoms with Crippen LogP contribution >= 0.6 is 0 Å². The molecule has 2 aromatic rings. The molecule has 1 heterocycles. The Labute approximate surface area is 141 Å². The number of hydrogen-bond donors (Lipinski definition) is 2. The molecule has 1 aromatic carbocycles. The van der Waals surface area contributed by atoms with Gasteiger partial charge in [-0.1, -0.05) is 0 Å². The van der Waals surface area contributed by atoms with Gasteiger partial charge in [-0.25, -0.2) is 14.2 Å². The Morgan fingerprint density at radius 2 is 1.83 bits per heavy atom. The molecular weight excluding hydrogens is 309 g/mol. The number of nitrogens with zero attached hydrogens (tertiary/aromatic N) is 1. The molecule has 1 aromatic heterocycles. The first-order chi connectivity index (χ1) is 11.0. The molecule has 0 radical (unpaired) electrons. The minimum Gasteiger partial charge on any atom is -0.444 e. The number of ether oxygens (including phenoxy) is 1. The van der Waals surface area contributed by atoms with Gasteiger partial charge in [0.05, 0.1) is 11.9 Å². The van der Waals surface area contributed by atoms with E-state index in [0.717, 1.165) is 17.1 Å². The fourth-order valence-corrected chi connectivity index (χ4v) is 2.27. The van der Waals surface area contributed by atoms with E-state index in [1.807, 2.05) is 34.6 Å². The Morgan fingerprint density at radius 3 is 2.42 bits per heavy atom. The Hall–Kier alpha value is -2.37. The molecule has 2 rings (SSSR count). The molecule has 0 aliphatic carbocycles. The van der Waals surface area contributed by atoms with Gasteiger partial charge in [-0.15, -0.1) is 0 Å². The molecule has 0 aliphatic rings. The van der Waals surface area contributed by atoms with Gasteiger partial charge in [0.1, 0.15) is 17.2 Å². The van der Waals surface area contributed by atoms with Crippen LogP contribution in [0, 0.1) is 5.82 Å². The third-order valence-electron chi connectivity index (χ3n) is 3.23. The number of carbonyl (C=O) groups is 1. The van der Waals surface area contributed by atoms with Crippen molar-refractivity contribution in [1.82, 2.24) is 15.3 Å². The molecule has 2 N–H and O–H groups in total. The van der Waals surface area contributed by atoms with Gasteiger partial charge in [-0.3, -0.25) is 0 Å². The second-order valence-corrected chi connectivity index (χ2v) is 7.44. The topological polar surface area (TPSA) is 67.0 Å². The SMILES string of the molecule is CC(C)(Cc1ncc(-c2ccc(F)cc2)[nH]1)NC(=O)OC(C)(C)C. The largest absolute Gasteiger partial charge is 0.444 e. The number of benzene rings is 1. The van der Waals surface area contributed by atoms with Crippen molar-refractivity contribution in [2.75, 3.05) is 0 Å². The lowest BCUT2D eigenvalue weighted by Gasteiger charge is -2.28. The van der Waals surface area contributed by atoms with Gasteiger partial charge in [-0.2, -0.15) is 0 Å². The Bertz CT molecular complexity index is 700. The van der Waals surface area contributed by atoms with Crippen molar-refractivity contribution in [3.8, 4) is 11.3 Å². The summed E-state index contributed by atoms with van der Waals surface area (Å²) in [7, 11) is 0. The van der Waals surface area contributed by atoms with E-state index >= 15 is 0 Å². The van der Waals surface area contributed by atoms with Crippen LogP contribution in [0.4, 0.5) is 9.18 Å². The average Bonchev–Trinajstić information content (AvgIpc) is 2.83. The third-order valence-corrected chi connectivity index (χ3v) is 3.23. The van der Waals surface area contributed by atoms with Crippen molar-refractivity contribution in [1.29, 1.82) is 0 Å². The summed E-state index contributed by atoms with van der Waals surface area (Å²) in [6.07, 6.45) is 1.75. The molecule has 0 saturated heterocycles. The Balaban J connectivity index is 2.02. The number of H-pyrrole nitrogens is 1. The molecule has 5 nitrogen and oxygen atoms in total. The highest BCUT2D eigenvalue weighted by atomic mass is 19.1. The number of amides is 1. The van der Waals surface area contributed by atoms with Crippen LogP contribution in [-0.4, -0.2) is 27.2 Å². The minimum atomic E-state index is -0.541. The van der Waals surface area contributed by atoms with E-state index in [2.05, 4.69) is 15.3 Å². The highest BCUT2D eigenvalue weighted by Crippen LogP contribution is 2.19. The molecule has 0 bridgehead atoms. The summed E-state index contributed by atoms with van der Waals surface area (Å²) in [4.78, 5) is 19.5. The summed E-state index contributed by atoms with van der Waals surface area (Å²) in [5.74, 6) is 0.455. The lowest BCUT2D eigenvalue weighted by molar-refractivity contribution is 0.0472. The van der Waals surface area contributed by atoms with E-state index in [0.29, 0.717) is 6.42 Å². The van der Waals surface area contributed by atoms with Crippen LogP contribution in [0.5, 0.6) is 0 Å². The van der Waals surface area contributed by atoms with Gasteiger partial charge in [0.2, 0.25) is 0 Å². The summed E-state index contributed by atoms with van der Waals surface area (Å²) in [6, 6.07) is 6.20. The first-order valence-corrected chi connectivity index (χ1v) is 7.85. The molecule has 0 unspecified atom stereocenters. The number of hydrogen-bond acceptors (Lipinski definition) is 3. The van der Waals surface area contributed by atoms with Gasteiger partial charge in [0.15, 0.2) is 0 Å². The molecule has 1 amide bonds. The lowest BCUT2D eigenvalue weighted by Crippen LogP contribution is -2.47. The molecular formula is C18H24FN3O2. The second-order valence-electron chi connectivity index (χ2n) is 7.44. The molecule has 0 atom stereocenters. The molecule has 130 valence electrons. The van der Waals surface area contributed by atoms with E-state index in [1.165, 1.54) is 12.1 Å². The minimum absolute atomic E-state index is 0.277. The summed E-state index contributed by atoms with van der Waals surface area (Å²) < 4.78 is 18.3. The first kappa shape index (κ1) is 18.0. The van der Waals surface area contributed by atoms with Gasteiger partial charge < -0.3 is 15.0 Å². The number of aromatic amines is 1. The summed E-state index contributed by atoms with van der Waals surface area (Å²) in [5.41, 5.74) is 0.590. The average molecular weight is 333 g/mol.